The van der Waals surface area contributed by atoms with Crippen LogP contribution < -0.4 is 10.6 Å². The summed E-state index contributed by atoms with van der Waals surface area (Å²) in [5, 5.41) is 6.26. The van der Waals surface area contributed by atoms with E-state index in [-0.39, 0.29) is 6.03 Å². The Hall–Kier alpha value is -1.55. The largest absolute Gasteiger partial charge is 0.322 e. The molecule has 18 heavy (non-hydrogen) atoms. The number of aryl methyl sites for hydroxylation is 1. The van der Waals surface area contributed by atoms with Crippen LogP contribution in [0, 0.1) is 6.92 Å². The maximum atomic E-state index is 12.2. The molecule has 1 aromatic rings. The van der Waals surface area contributed by atoms with Gasteiger partial charge in [-0.15, -0.1) is 0 Å². The first-order valence-electron chi connectivity index (χ1n) is 6.55. The molecule has 4 nitrogen and oxygen atoms in total. The number of hydrogen-bond acceptors (Lipinski definition) is 2. The molecule has 0 radical (unpaired) electrons. The fraction of sp³-hybridized carbons (Fsp3) is 0.500. The van der Waals surface area contributed by atoms with Crippen molar-refractivity contribution in [3.63, 3.8) is 0 Å². The molecular formula is C14H21N3O. The molecular weight excluding hydrogens is 226 g/mol. The van der Waals surface area contributed by atoms with E-state index < -0.39 is 0 Å². The Kier molecular flexibility index (Phi) is 4.20. The number of amides is 2. The molecule has 0 spiro atoms. The van der Waals surface area contributed by atoms with E-state index in [1.807, 2.05) is 43.0 Å². The lowest BCUT2D eigenvalue weighted by Crippen LogP contribution is -2.43. The van der Waals surface area contributed by atoms with Crippen molar-refractivity contribution < 1.29 is 4.79 Å². The third-order valence-corrected chi connectivity index (χ3v) is 3.35. The van der Waals surface area contributed by atoms with E-state index in [1.165, 1.54) is 0 Å². The Morgan fingerprint density at radius 3 is 3.00 bits per heavy atom. The Morgan fingerprint density at radius 2 is 2.39 bits per heavy atom. The molecule has 0 aliphatic carbocycles. The van der Waals surface area contributed by atoms with Gasteiger partial charge in [0.25, 0.3) is 0 Å². The van der Waals surface area contributed by atoms with Crippen molar-refractivity contribution in [2.45, 2.75) is 26.3 Å². The maximum absolute atomic E-state index is 12.2. The fourth-order valence-corrected chi connectivity index (χ4v) is 2.39. The predicted octanol–water partition coefficient (Wildman–Crippen LogP) is 2.21. The predicted molar refractivity (Wildman–Crippen MR) is 73.9 cm³/mol. The van der Waals surface area contributed by atoms with Crippen LogP contribution in [0.3, 0.4) is 0 Å². The molecule has 1 unspecified atom stereocenters. The number of likely N-dealkylation sites (N-methyl/N-ethyl adjacent to an activating group) is 1. The Bertz CT molecular complexity index is 413. The molecule has 4 heteroatoms. The van der Waals surface area contributed by atoms with Crippen molar-refractivity contribution >= 4 is 11.7 Å². The van der Waals surface area contributed by atoms with Crippen molar-refractivity contribution in [3.8, 4) is 0 Å². The maximum Gasteiger partial charge on any atom is 0.322 e. The Labute approximate surface area is 108 Å². The van der Waals surface area contributed by atoms with Crippen LogP contribution in [0.4, 0.5) is 10.5 Å². The number of urea groups is 1. The minimum Gasteiger partial charge on any atom is -0.321 e. The van der Waals surface area contributed by atoms with E-state index >= 15 is 0 Å². The van der Waals surface area contributed by atoms with E-state index in [4.69, 9.17) is 0 Å². The highest BCUT2D eigenvalue weighted by Gasteiger charge is 2.25. The monoisotopic (exact) mass is 247 g/mol. The molecule has 2 N–H and O–H groups in total. The summed E-state index contributed by atoms with van der Waals surface area (Å²) in [7, 11) is 0. The van der Waals surface area contributed by atoms with Crippen molar-refractivity contribution in [2.24, 2.45) is 0 Å². The van der Waals surface area contributed by atoms with Gasteiger partial charge in [-0.2, -0.15) is 0 Å². The summed E-state index contributed by atoms with van der Waals surface area (Å²) in [6.07, 6.45) is 1.04. The zero-order chi connectivity index (χ0) is 13.0. The number of benzene rings is 1. The second kappa shape index (κ2) is 5.87. The van der Waals surface area contributed by atoms with Gasteiger partial charge in [0.2, 0.25) is 0 Å². The standard InChI is InChI=1S/C14H21N3O/c1-3-17(13-7-8-15-10-13)14(18)16-12-6-4-5-11(2)9-12/h4-6,9,13,15H,3,7-8,10H2,1-2H3,(H,16,18). The first kappa shape index (κ1) is 12.9. The molecule has 1 fully saturated rings. The van der Waals surface area contributed by atoms with Crippen LogP contribution in [-0.2, 0) is 0 Å². The first-order chi connectivity index (χ1) is 8.70. The lowest BCUT2D eigenvalue weighted by molar-refractivity contribution is 0.196. The smallest absolute Gasteiger partial charge is 0.321 e. The second-order valence-corrected chi connectivity index (χ2v) is 4.73. The third-order valence-electron chi connectivity index (χ3n) is 3.35. The number of carbonyl (C=O) groups excluding carboxylic acids is 1. The number of anilines is 1. The number of carbonyl (C=O) groups is 1. The van der Waals surface area contributed by atoms with Crippen LogP contribution in [0.2, 0.25) is 0 Å². The van der Waals surface area contributed by atoms with Crippen molar-refractivity contribution in [1.29, 1.82) is 0 Å². The van der Waals surface area contributed by atoms with Gasteiger partial charge in [0.15, 0.2) is 0 Å². The van der Waals surface area contributed by atoms with Gasteiger partial charge in [-0.3, -0.25) is 0 Å². The van der Waals surface area contributed by atoms with Crippen LogP contribution >= 0.6 is 0 Å². The van der Waals surface area contributed by atoms with Crippen LogP contribution in [0.15, 0.2) is 24.3 Å². The number of hydrogen-bond donors (Lipinski definition) is 2. The number of nitrogens with one attached hydrogen (secondary N) is 2. The molecule has 0 aromatic heterocycles. The van der Waals surface area contributed by atoms with Gasteiger partial charge >= 0.3 is 6.03 Å². The van der Waals surface area contributed by atoms with Crippen LogP contribution in [0.1, 0.15) is 18.9 Å². The molecule has 1 aromatic carbocycles. The van der Waals surface area contributed by atoms with E-state index in [1.54, 1.807) is 0 Å². The molecule has 0 saturated carbocycles. The Balaban J connectivity index is 2.01. The topological polar surface area (TPSA) is 44.4 Å². The molecule has 1 atom stereocenters. The lowest BCUT2D eigenvalue weighted by Gasteiger charge is -2.27. The zero-order valence-corrected chi connectivity index (χ0v) is 11.1. The van der Waals surface area contributed by atoms with Gasteiger partial charge < -0.3 is 15.5 Å². The van der Waals surface area contributed by atoms with Gasteiger partial charge in [-0.05, 0) is 44.5 Å². The Morgan fingerprint density at radius 1 is 1.56 bits per heavy atom. The SMILES string of the molecule is CCN(C(=O)Nc1cccc(C)c1)C1CCNC1. The van der Waals surface area contributed by atoms with Gasteiger partial charge in [0.05, 0.1) is 0 Å². The average molecular weight is 247 g/mol. The summed E-state index contributed by atoms with van der Waals surface area (Å²) in [6.45, 7) is 6.68. The molecule has 1 aliphatic rings. The first-order valence-corrected chi connectivity index (χ1v) is 6.55. The normalized spacial score (nSPS) is 18.7. The quantitative estimate of drug-likeness (QED) is 0.860. The average Bonchev–Trinajstić information content (AvgIpc) is 2.83. The summed E-state index contributed by atoms with van der Waals surface area (Å²) < 4.78 is 0. The minimum absolute atomic E-state index is 0.00296. The molecule has 98 valence electrons. The van der Waals surface area contributed by atoms with Gasteiger partial charge in [0, 0.05) is 24.8 Å². The molecule has 2 rings (SSSR count). The summed E-state index contributed by atoms with van der Waals surface area (Å²) in [5.41, 5.74) is 2.02. The van der Waals surface area contributed by atoms with Gasteiger partial charge in [-0.1, -0.05) is 12.1 Å². The highest BCUT2D eigenvalue weighted by Crippen LogP contribution is 2.13. The third kappa shape index (κ3) is 3.01. The van der Waals surface area contributed by atoms with Crippen LogP contribution in [0.5, 0.6) is 0 Å². The van der Waals surface area contributed by atoms with Gasteiger partial charge in [0.1, 0.15) is 0 Å². The number of rotatable bonds is 3. The van der Waals surface area contributed by atoms with E-state index in [0.29, 0.717) is 6.04 Å². The van der Waals surface area contributed by atoms with Crippen LogP contribution in [0.25, 0.3) is 0 Å². The second-order valence-electron chi connectivity index (χ2n) is 4.73. The minimum atomic E-state index is -0.00296. The molecule has 1 saturated heterocycles. The highest BCUT2D eigenvalue weighted by molar-refractivity contribution is 5.89. The van der Waals surface area contributed by atoms with Crippen molar-refractivity contribution in [3.05, 3.63) is 29.8 Å². The fourth-order valence-electron chi connectivity index (χ4n) is 2.39. The lowest BCUT2D eigenvalue weighted by atomic mass is 10.2. The van der Waals surface area contributed by atoms with Crippen LogP contribution in [-0.4, -0.2) is 36.6 Å². The molecule has 1 aliphatic heterocycles. The molecule has 0 bridgehead atoms. The highest BCUT2D eigenvalue weighted by atomic mass is 16.2. The molecule has 1 heterocycles. The summed E-state index contributed by atoms with van der Waals surface area (Å²) in [6, 6.07) is 8.20. The van der Waals surface area contributed by atoms with E-state index in [2.05, 4.69) is 10.6 Å². The zero-order valence-electron chi connectivity index (χ0n) is 11.1. The summed E-state index contributed by atoms with van der Waals surface area (Å²) >= 11 is 0. The summed E-state index contributed by atoms with van der Waals surface area (Å²) in [5.74, 6) is 0. The van der Waals surface area contributed by atoms with Crippen molar-refractivity contribution in [2.75, 3.05) is 25.0 Å². The van der Waals surface area contributed by atoms with Gasteiger partial charge in [-0.25, -0.2) is 4.79 Å². The van der Waals surface area contributed by atoms with E-state index in [0.717, 1.165) is 37.3 Å². The summed E-state index contributed by atoms with van der Waals surface area (Å²) in [4.78, 5) is 14.1. The number of nitrogens with zero attached hydrogens (tertiary/aromatic N) is 1. The molecule has 2 amide bonds. The van der Waals surface area contributed by atoms with Crippen molar-refractivity contribution in [1.82, 2.24) is 10.2 Å². The van der Waals surface area contributed by atoms with E-state index in [9.17, 15) is 4.79 Å².